The van der Waals surface area contributed by atoms with E-state index in [4.69, 9.17) is 4.74 Å². The van der Waals surface area contributed by atoms with Crippen LogP contribution in [0.4, 0.5) is 5.69 Å². The zero-order valence-corrected chi connectivity index (χ0v) is 20.2. The molecule has 8 heteroatoms. The molecule has 2 aromatic heterocycles. The number of rotatable bonds is 7. The molecule has 0 bridgehead atoms. The van der Waals surface area contributed by atoms with E-state index in [2.05, 4.69) is 20.0 Å². The lowest BCUT2D eigenvalue weighted by Crippen LogP contribution is -2.23. The molecule has 2 aromatic carbocycles. The summed E-state index contributed by atoms with van der Waals surface area (Å²) in [7, 11) is 3.52. The van der Waals surface area contributed by atoms with Crippen LogP contribution in [-0.4, -0.2) is 37.6 Å². The highest BCUT2D eigenvalue weighted by molar-refractivity contribution is 8.00. The number of imidazole rings is 1. The standard InChI is InChI=1S/C25H27N5O2S/c1-16-23(17(2)29(4)28-16)27-24(31)18(3)33-25-26-15-22(19-10-7-6-8-11-19)30(25)20-12-9-13-21(14-20)32-5/h6-15,18H,1-5H3,(H,27,31)/t18-/m0/s1. The number of aromatic nitrogens is 4. The largest absolute Gasteiger partial charge is 0.497 e. The number of aryl methyl sites for hydroxylation is 2. The SMILES string of the molecule is COc1cccc(-n2c(-c3ccccc3)cnc2S[C@@H](C)C(=O)Nc2c(C)nn(C)c2C)c1. The van der Waals surface area contributed by atoms with E-state index in [-0.39, 0.29) is 11.2 Å². The van der Waals surface area contributed by atoms with Crippen LogP contribution in [0.3, 0.4) is 0 Å². The molecule has 0 aliphatic rings. The van der Waals surface area contributed by atoms with Crippen molar-refractivity contribution in [2.45, 2.75) is 31.2 Å². The van der Waals surface area contributed by atoms with Crippen molar-refractivity contribution in [3.05, 3.63) is 72.2 Å². The van der Waals surface area contributed by atoms with Gasteiger partial charge in [-0.2, -0.15) is 5.10 Å². The number of amides is 1. The summed E-state index contributed by atoms with van der Waals surface area (Å²) in [5, 5.41) is 7.77. The first-order valence-corrected chi connectivity index (χ1v) is 11.5. The highest BCUT2D eigenvalue weighted by Gasteiger charge is 2.22. The Kier molecular flexibility index (Phi) is 6.55. The number of hydrogen-bond acceptors (Lipinski definition) is 5. The van der Waals surface area contributed by atoms with Crippen molar-refractivity contribution in [2.24, 2.45) is 7.05 Å². The highest BCUT2D eigenvalue weighted by Crippen LogP contribution is 2.33. The molecule has 0 radical (unpaired) electrons. The second-order valence-electron chi connectivity index (χ2n) is 7.75. The summed E-state index contributed by atoms with van der Waals surface area (Å²) in [6, 6.07) is 17.9. The van der Waals surface area contributed by atoms with Crippen molar-refractivity contribution in [1.82, 2.24) is 19.3 Å². The third kappa shape index (κ3) is 4.66. The minimum absolute atomic E-state index is 0.0966. The Bertz CT molecular complexity index is 1280. The normalized spacial score (nSPS) is 11.9. The quantitative estimate of drug-likeness (QED) is 0.391. The predicted octanol–water partition coefficient (Wildman–Crippen LogP) is 5.02. The molecule has 1 atom stereocenters. The van der Waals surface area contributed by atoms with Gasteiger partial charge in [-0.1, -0.05) is 48.2 Å². The maximum atomic E-state index is 13.0. The number of ether oxygens (including phenoxy) is 1. The number of nitrogens with one attached hydrogen (secondary N) is 1. The second kappa shape index (κ2) is 9.54. The molecule has 0 aliphatic carbocycles. The number of carbonyl (C=O) groups is 1. The summed E-state index contributed by atoms with van der Waals surface area (Å²) in [5.74, 6) is 0.658. The van der Waals surface area contributed by atoms with Gasteiger partial charge in [0.15, 0.2) is 5.16 Å². The fourth-order valence-corrected chi connectivity index (χ4v) is 4.53. The molecule has 33 heavy (non-hydrogen) atoms. The van der Waals surface area contributed by atoms with Crippen LogP contribution in [-0.2, 0) is 11.8 Å². The molecule has 0 unspecified atom stereocenters. The molecule has 170 valence electrons. The van der Waals surface area contributed by atoms with E-state index in [0.717, 1.165) is 44.9 Å². The highest BCUT2D eigenvalue weighted by atomic mass is 32.2. The van der Waals surface area contributed by atoms with Gasteiger partial charge >= 0.3 is 0 Å². The summed E-state index contributed by atoms with van der Waals surface area (Å²) in [6.07, 6.45) is 1.84. The molecule has 0 aliphatic heterocycles. The van der Waals surface area contributed by atoms with Crippen LogP contribution in [0.25, 0.3) is 16.9 Å². The van der Waals surface area contributed by atoms with Gasteiger partial charge in [0, 0.05) is 18.7 Å². The number of benzene rings is 2. The first-order valence-electron chi connectivity index (χ1n) is 10.6. The Hall–Kier alpha value is -3.52. The van der Waals surface area contributed by atoms with Crippen molar-refractivity contribution in [3.63, 3.8) is 0 Å². The fourth-order valence-electron chi connectivity index (χ4n) is 3.62. The van der Waals surface area contributed by atoms with Gasteiger partial charge in [0.25, 0.3) is 0 Å². The van der Waals surface area contributed by atoms with Crippen molar-refractivity contribution >= 4 is 23.4 Å². The van der Waals surface area contributed by atoms with Gasteiger partial charge in [0.2, 0.25) is 5.91 Å². The van der Waals surface area contributed by atoms with Crippen molar-refractivity contribution in [3.8, 4) is 22.7 Å². The maximum absolute atomic E-state index is 13.0. The third-order valence-corrected chi connectivity index (χ3v) is 6.59. The van der Waals surface area contributed by atoms with Crippen LogP contribution in [0.2, 0.25) is 0 Å². The van der Waals surface area contributed by atoms with E-state index in [1.165, 1.54) is 11.8 Å². The molecule has 7 nitrogen and oxygen atoms in total. The zero-order chi connectivity index (χ0) is 23.5. The molecule has 0 saturated carbocycles. The lowest BCUT2D eigenvalue weighted by molar-refractivity contribution is -0.115. The van der Waals surface area contributed by atoms with E-state index in [1.807, 2.05) is 88.6 Å². The zero-order valence-electron chi connectivity index (χ0n) is 19.4. The Morgan fingerprint density at radius 3 is 2.55 bits per heavy atom. The van der Waals surface area contributed by atoms with Gasteiger partial charge in [-0.25, -0.2) is 4.98 Å². The molecule has 4 rings (SSSR count). The monoisotopic (exact) mass is 461 g/mol. The number of carbonyl (C=O) groups excluding carboxylic acids is 1. The topological polar surface area (TPSA) is 74.0 Å². The van der Waals surface area contributed by atoms with Gasteiger partial charge in [-0.15, -0.1) is 0 Å². The van der Waals surface area contributed by atoms with Crippen molar-refractivity contribution in [1.29, 1.82) is 0 Å². The summed E-state index contributed by atoms with van der Waals surface area (Å²) < 4.78 is 9.27. The lowest BCUT2D eigenvalue weighted by Gasteiger charge is -2.16. The molecule has 1 N–H and O–H groups in total. The van der Waals surface area contributed by atoms with Gasteiger partial charge in [0.1, 0.15) is 5.75 Å². The van der Waals surface area contributed by atoms with Crippen LogP contribution in [0, 0.1) is 13.8 Å². The first kappa shape index (κ1) is 22.7. The summed E-state index contributed by atoms with van der Waals surface area (Å²) in [5.41, 5.74) is 5.37. The van der Waals surface area contributed by atoms with E-state index in [0.29, 0.717) is 0 Å². The van der Waals surface area contributed by atoms with Crippen LogP contribution in [0.15, 0.2) is 66.0 Å². The smallest absolute Gasteiger partial charge is 0.237 e. The van der Waals surface area contributed by atoms with E-state index in [9.17, 15) is 4.79 Å². The summed E-state index contributed by atoms with van der Waals surface area (Å²) in [4.78, 5) is 17.7. The Balaban J connectivity index is 1.67. The lowest BCUT2D eigenvalue weighted by atomic mass is 10.1. The molecular weight excluding hydrogens is 434 g/mol. The Morgan fingerprint density at radius 1 is 1.12 bits per heavy atom. The van der Waals surface area contributed by atoms with Gasteiger partial charge in [-0.3, -0.25) is 14.0 Å². The van der Waals surface area contributed by atoms with Crippen LogP contribution in [0.1, 0.15) is 18.3 Å². The first-order chi connectivity index (χ1) is 15.9. The molecule has 2 heterocycles. The van der Waals surface area contributed by atoms with E-state index < -0.39 is 0 Å². The van der Waals surface area contributed by atoms with Crippen LogP contribution < -0.4 is 10.1 Å². The van der Waals surface area contributed by atoms with Gasteiger partial charge in [0.05, 0.1) is 47.0 Å². The van der Waals surface area contributed by atoms with Crippen LogP contribution >= 0.6 is 11.8 Å². The van der Waals surface area contributed by atoms with Gasteiger partial charge < -0.3 is 10.1 Å². The molecular formula is C25H27N5O2S. The molecule has 4 aromatic rings. The minimum Gasteiger partial charge on any atom is -0.497 e. The number of methoxy groups -OCH3 is 1. The molecule has 1 amide bonds. The average molecular weight is 462 g/mol. The number of anilines is 1. The molecule has 0 saturated heterocycles. The van der Waals surface area contributed by atoms with Gasteiger partial charge in [-0.05, 0) is 32.9 Å². The molecule has 0 fully saturated rings. The van der Waals surface area contributed by atoms with Crippen molar-refractivity contribution < 1.29 is 9.53 Å². The number of hydrogen-bond donors (Lipinski definition) is 1. The second-order valence-corrected chi connectivity index (χ2v) is 9.06. The van der Waals surface area contributed by atoms with E-state index >= 15 is 0 Å². The fraction of sp³-hybridized carbons (Fsp3) is 0.240. The minimum atomic E-state index is -0.376. The summed E-state index contributed by atoms with van der Waals surface area (Å²) in [6.45, 7) is 5.71. The van der Waals surface area contributed by atoms with Crippen LogP contribution in [0.5, 0.6) is 5.75 Å². The predicted molar refractivity (Wildman–Crippen MR) is 132 cm³/mol. The number of nitrogens with zero attached hydrogens (tertiary/aromatic N) is 4. The van der Waals surface area contributed by atoms with Crippen molar-refractivity contribution in [2.75, 3.05) is 12.4 Å². The maximum Gasteiger partial charge on any atom is 0.237 e. The number of thioether (sulfide) groups is 1. The van der Waals surface area contributed by atoms with E-state index in [1.54, 1.807) is 11.8 Å². The Labute approximate surface area is 197 Å². The molecule has 0 spiro atoms. The average Bonchev–Trinajstić information content (AvgIpc) is 3.35. The Morgan fingerprint density at radius 2 is 1.88 bits per heavy atom. The third-order valence-electron chi connectivity index (χ3n) is 5.52. The summed E-state index contributed by atoms with van der Waals surface area (Å²) >= 11 is 1.41.